The molecule has 0 aromatic heterocycles. The number of nitrogens with two attached hydrogens (primary N) is 1. The largest absolute Gasteiger partial charge is 0.481 e. The maximum Gasteiger partial charge on any atom is 0.326 e. The van der Waals surface area contributed by atoms with E-state index in [2.05, 4.69) is 23.3 Å². The molecule has 31 heavy (non-hydrogen) atoms. The van der Waals surface area contributed by atoms with E-state index in [0.717, 1.165) is 0 Å². The Kier molecular flexibility index (Phi) is 11.7. The second-order valence-electron chi connectivity index (χ2n) is 7.15. The highest BCUT2D eigenvalue weighted by molar-refractivity contribution is 7.98. The lowest BCUT2D eigenvalue weighted by Crippen LogP contribution is -2.57. The van der Waals surface area contributed by atoms with Crippen LogP contribution in [0.15, 0.2) is 0 Å². The second-order valence-corrected chi connectivity index (χ2v) is 8.50. The summed E-state index contributed by atoms with van der Waals surface area (Å²) in [6.07, 6.45) is 2.38. The van der Waals surface area contributed by atoms with Crippen molar-refractivity contribution in [3.05, 3.63) is 0 Å². The molecule has 1 rings (SSSR count). The molecule has 0 bridgehead atoms. The van der Waals surface area contributed by atoms with E-state index in [1.54, 1.807) is 0 Å². The molecule has 4 unspecified atom stereocenters. The van der Waals surface area contributed by atoms with Crippen molar-refractivity contribution in [2.75, 3.05) is 24.3 Å². The van der Waals surface area contributed by atoms with Crippen LogP contribution in [0.3, 0.4) is 0 Å². The van der Waals surface area contributed by atoms with Crippen LogP contribution >= 0.6 is 24.4 Å². The van der Waals surface area contributed by atoms with E-state index >= 15 is 0 Å². The van der Waals surface area contributed by atoms with Gasteiger partial charge in [-0.1, -0.05) is 0 Å². The van der Waals surface area contributed by atoms with Crippen molar-refractivity contribution in [3.63, 3.8) is 0 Å². The molecule has 0 saturated carbocycles. The van der Waals surface area contributed by atoms with Gasteiger partial charge in [-0.3, -0.25) is 19.2 Å². The lowest BCUT2D eigenvalue weighted by molar-refractivity contribution is -0.144. The Morgan fingerprint density at radius 2 is 1.84 bits per heavy atom. The highest BCUT2D eigenvalue weighted by Crippen LogP contribution is 2.19. The molecule has 6 N–H and O–H groups in total. The Bertz CT molecular complexity index is 679. The van der Waals surface area contributed by atoms with Gasteiger partial charge in [0.2, 0.25) is 17.7 Å². The van der Waals surface area contributed by atoms with Gasteiger partial charge in [0.25, 0.3) is 0 Å². The SMILES string of the molecule is CSCCC(NC(=O)C1CCCN1C(=O)C(N)CS)C(=O)NC(CCC(=O)O)C(=O)O. The Labute approximate surface area is 190 Å². The lowest BCUT2D eigenvalue weighted by atomic mass is 10.1. The summed E-state index contributed by atoms with van der Waals surface area (Å²) in [5.74, 6) is -3.52. The van der Waals surface area contributed by atoms with E-state index in [4.69, 9.17) is 10.8 Å². The summed E-state index contributed by atoms with van der Waals surface area (Å²) in [6, 6.07) is -4.03. The van der Waals surface area contributed by atoms with E-state index < -0.39 is 60.2 Å². The molecule has 3 amide bonds. The van der Waals surface area contributed by atoms with Crippen molar-refractivity contribution in [2.24, 2.45) is 5.73 Å². The van der Waals surface area contributed by atoms with Gasteiger partial charge in [0, 0.05) is 18.7 Å². The van der Waals surface area contributed by atoms with Gasteiger partial charge in [-0.05, 0) is 37.7 Å². The number of nitrogens with one attached hydrogen (secondary N) is 2. The number of carboxylic acids is 2. The number of hydrogen-bond donors (Lipinski definition) is 6. The van der Waals surface area contributed by atoms with Crippen LogP contribution in [-0.2, 0) is 24.0 Å². The number of thioether (sulfide) groups is 1. The highest BCUT2D eigenvalue weighted by atomic mass is 32.2. The fourth-order valence-electron chi connectivity index (χ4n) is 3.16. The minimum absolute atomic E-state index is 0.134. The van der Waals surface area contributed by atoms with Gasteiger partial charge in [-0.25, -0.2) is 4.79 Å². The molecule has 0 aliphatic carbocycles. The smallest absolute Gasteiger partial charge is 0.326 e. The summed E-state index contributed by atoms with van der Waals surface area (Å²) in [5.41, 5.74) is 5.74. The molecule has 4 atom stereocenters. The van der Waals surface area contributed by atoms with Gasteiger partial charge in [-0.2, -0.15) is 24.4 Å². The zero-order valence-electron chi connectivity index (χ0n) is 17.3. The van der Waals surface area contributed by atoms with Gasteiger partial charge in [0.15, 0.2) is 0 Å². The highest BCUT2D eigenvalue weighted by Gasteiger charge is 2.37. The molecule has 1 aliphatic rings. The average molecular weight is 479 g/mol. The third-order valence-corrected chi connectivity index (χ3v) is 5.89. The summed E-state index contributed by atoms with van der Waals surface area (Å²) in [6.45, 7) is 0.371. The molecule has 0 aromatic carbocycles. The number of carboxylic acid groups (broad SMARTS) is 2. The number of amides is 3. The molecule has 0 aromatic rings. The Morgan fingerprint density at radius 1 is 1.16 bits per heavy atom. The van der Waals surface area contributed by atoms with Crippen LogP contribution in [0.25, 0.3) is 0 Å². The zero-order valence-corrected chi connectivity index (χ0v) is 19.0. The minimum atomic E-state index is -1.39. The normalized spacial score (nSPS) is 18.7. The molecule has 11 nitrogen and oxygen atoms in total. The van der Waals surface area contributed by atoms with E-state index in [1.807, 2.05) is 6.26 Å². The number of aliphatic carboxylic acids is 2. The Morgan fingerprint density at radius 3 is 2.39 bits per heavy atom. The molecule has 0 spiro atoms. The minimum Gasteiger partial charge on any atom is -0.481 e. The number of carbonyl (C=O) groups excluding carboxylic acids is 3. The van der Waals surface area contributed by atoms with Crippen molar-refractivity contribution in [1.82, 2.24) is 15.5 Å². The van der Waals surface area contributed by atoms with Gasteiger partial charge in [0.1, 0.15) is 18.1 Å². The number of nitrogens with zero attached hydrogens (tertiary/aromatic N) is 1. The van der Waals surface area contributed by atoms with E-state index in [1.165, 1.54) is 16.7 Å². The summed E-state index contributed by atoms with van der Waals surface area (Å²) >= 11 is 5.46. The van der Waals surface area contributed by atoms with E-state index in [-0.39, 0.29) is 18.6 Å². The predicted octanol–water partition coefficient (Wildman–Crippen LogP) is -1.09. The maximum atomic E-state index is 12.8. The Balaban J connectivity index is 2.86. The first kappa shape index (κ1) is 27.0. The quantitative estimate of drug-likeness (QED) is 0.179. The van der Waals surface area contributed by atoms with Crippen LogP contribution in [0.5, 0.6) is 0 Å². The first-order chi connectivity index (χ1) is 14.6. The summed E-state index contributed by atoms with van der Waals surface area (Å²) in [4.78, 5) is 61.4. The fourth-order valence-corrected chi connectivity index (χ4v) is 3.79. The summed E-state index contributed by atoms with van der Waals surface area (Å²) < 4.78 is 0. The van der Waals surface area contributed by atoms with Crippen molar-refractivity contribution in [3.8, 4) is 0 Å². The van der Waals surface area contributed by atoms with Crippen LogP contribution < -0.4 is 16.4 Å². The molecule has 13 heteroatoms. The number of likely N-dealkylation sites (tertiary alicyclic amines) is 1. The molecular weight excluding hydrogens is 448 g/mol. The van der Waals surface area contributed by atoms with Crippen LogP contribution in [-0.4, -0.2) is 93.2 Å². The second kappa shape index (κ2) is 13.4. The predicted molar refractivity (Wildman–Crippen MR) is 118 cm³/mol. The van der Waals surface area contributed by atoms with Gasteiger partial charge in [0.05, 0.1) is 6.04 Å². The van der Waals surface area contributed by atoms with Gasteiger partial charge >= 0.3 is 11.9 Å². The summed E-state index contributed by atoms with van der Waals surface area (Å²) in [7, 11) is 0. The van der Waals surface area contributed by atoms with Gasteiger partial charge in [-0.15, -0.1) is 0 Å². The van der Waals surface area contributed by atoms with Crippen molar-refractivity contribution >= 4 is 54.1 Å². The van der Waals surface area contributed by atoms with Crippen molar-refractivity contribution in [2.45, 2.75) is 56.3 Å². The number of carbonyl (C=O) groups is 5. The molecule has 1 heterocycles. The fraction of sp³-hybridized carbons (Fsp3) is 0.722. The first-order valence-corrected chi connectivity index (χ1v) is 11.9. The Hall–Kier alpha value is -1.99. The maximum absolute atomic E-state index is 12.8. The van der Waals surface area contributed by atoms with Gasteiger partial charge < -0.3 is 31.5 Å². The zero-order chi connectivity index (χ0) is 23.6. The number of hydrogen-bond acceptors (Lipinski definition) is 8. The summed E-state index contributed by atoms with van der Waals surface area (Å²) in [5, 5.41) is 22.9. The molecule has 1 fully saturated rings. The lowest BCUT2D eigenvalue weighted by Gasteiger charge is -2.28. The third kappa shape index (κ3) is 8.57. The van der Waals surface area contributed by atoms with Crippen LogP contribution in [0.2, 0.25) is 0 Å². The molecular formula is C18H30N4O7S2. The molecule has 0 radical (unpaired) electrons. The van der Waals surface area contributed by atoms with Crippen LogP contribution in [0.1, 0.15) is 32.1 Å². The van der Waals surface area contributed by atoms with Crippen LogP contribution in [0.4, 0.5) is 0 Å². The molecule has 1 saturated heterocycles. The average Bonchev–Trinajstić information content (AvgIpc) is 3.22. The van der Waals surface area contributed by atoms with E-state index in [0.29, 0.717) is 25.1 Å². The van der Waals surface area contributed by atoms with Crippen molar-refractivity contribution in [1.29, 1.82) is 0 Å². The molecule has 176 valence electrons. The third-order valence-electron chi connectivity index (χ3n) is 4.86. The topological polar surface area (TPSA) is 179 Å². The number of rotatable bonds is 13. The van der Waals surface area contributed by atoms with Crippen LogP contribution in [0, 0.1) is 0 Å². The molecule has 1 aliphatic heterocycles. The number of thiol groups is 1. The standard InChI is InChI=1S/C18H30N4O7S2/c1-31-8-6-11(15(25)21-12(18(28)29)4-5-14(23)24)20-16(26)13-3-2-7-22(13)17(27)10(19)9-30/h10-13,30H,2-9,19H2,1H3,(H,20,26)(H,21,25)(H,23,24)(H,28,29). The van der Waals surface area contributed by atoms with E-state index in [9.17, 15) is 29.1 Å². The van der Waals surface area contributed by atoms with Crippen molar-refractivity contribution < 1.29 is 34.2 Å². The first-order valence-electron chi connectivity index (χ1n) is 9.83. The monoisotopic (exact) mass is 478 g/mol.